The average molecular weight is 568 g/mol. The van der Waals surface area contributed by atoms with Crippen molar-refractivity contribution >= 4 is 57.4 Å². The quantitative estimate of drug-likeness (QED) is 0.320. The Labute approximate surface area is 235 Å². The van der Waals surface area contributed by atoms with Gasteiger partial charge in [-0.25, -0.2) is 0 Å². The summed E-state index contributed by atoms with van der Waals surface area (Å²) < 4.78 is 11.0. The van der Waals surface area contributed by atoms with Crippen LogP contribution >= 0.6 is 23.2 Å². The molecule has 1 aliphatic heterocycles. The molecule has 0 unspecified atom stereocenters. The minimum atomic E-state index is -0.274. The molecule has 202 valence electrons. The first-order valence-corrected chi connectivity index (χ1v) is 13.1. The molecular weight excluding hydrogens is 541 g/mol. The zero-order chi connectivity index (χ0) is 27.7. The van der Waals surface area contributed by atoms with Gasteiger partial charge in [-0.15, -0.1) is 0 Å². The number of carbonyl (C=O) groups is 2. The molecule has 0 atom stereocenters. The van der Waals surface area contributed by atoms with Crippen LogP contribution in [0.2, 0.25) is 10.0 Å². The second-order valence-electron chi connectivity index (χ2n) is 9.09. The topological polar surface area (TPSA) is 99.8 Å². The maximum Gasteiger partial charge on any atom is 0.256 e. The fourth-order valence-corrected chi connectivity index (χ4v) is 5.51. The number of ether oxygens (including phenoxy) is 2. The van der Waals surface area contributed by atoms with Crippen LogP contribution in [0.25, 0.3) is 22.0 Å². The third-order valence-corrected chi connectivity index (χ3v) is 7.59. The van der Waals surface area contributed by atoms with Crippen LogP contribution in [-0.2, 0) is 4.79 Å². The number of aromatic amines is 1. The Morgan fingerprint density at radius 1 is 0.949 bits per heavy atom. The number of amides is 2. The highest BCUT2D eigenvalue weighted by atomic mass is 35.5. The fourth-order valence-electron chi connectivity index (χ4n) is 4.79. The van der Waals surface area contributed by atoms with Gasteiger partial charge in [0, 0.05) is 50.3 Å². The molecule has 3 aromatic carbocycles. The summed E-state index contributed by atoms with van der Waals surface area (Å²) in [6, 6.07) is 14.4. The maximum atomic E-state index is 13.0. The van der Waals surface area contributed by atoms with Crippen molar-refractivity contribution in [2.75, 3.05) is 50.6 Å². The van der Waals surface area contributed by atoms with Crippen LogP contribution in [0.15, 0.2) is 48.5 Å². The number of H-pyrrole nitrogens is 1. The zero-order valence-electron chi connectivity index (χ0n) is 21.7. The van der Waals surface area contributed by atoms with Gasteiger partial charge in [0.05, 0.1) is 40.9 Å². The van der Waals surface area contributed by atoms with Crippen LogP contribution < -0.4 is 19.7 Å². The van der Waals surface area contributed by atoms with Crippen molar-refractivity contribution in [3.63, 3.8) is 0 Å². The van der Waals surface area contributed by atoms with Crippen LogP contribution in [-0.4, -0.2) is 67.3 Å². The van der Waals surface area contributed by atoms with E-state index in [-0.39, 0.29) is 11.8 Å². The molecule has 9 nitrogen and oxygen atoms in total. The number of aromatic nitrogens is 2. The van der Waals surface area contributed by atoms with Crippen LogP contribution in [0, 0.1) is 0 Å². The molecule has 5 rings (SSSR count). The lowest BCUT2D eigenvalue weighted by Gasteiger charge is -2.36. The number of halogens is 2. The second kappa shape index (κ2) is 11.0. The summed E-state index contributed by atoms with van der Waals surface area (Å²) in [7, 11) is 3.05. The summed E-state index contributed by atoms with van der Waals surface area (Å²) in [6.45, 7) is 3.90. The van der Waals surface area contributed by atoms with Gasteiger partial charge in [-0.05, 0) is 29.8 Å². The van der Waals surface area contributed by atoms with Gasteiger partial charge in [-0.2, -0.15) is 5.10 Å². The average Bonchev–Trinajstić information content (AvgIpc) is 3.36. The predicted octanol–water partition coefficient (Wildman–Crippen LogP) is 5.47. The van der Waals surface area contributed by atoms with E-state index in [9.17, 15) is 9.59 Å². The smallest absolute Gasteiger partial charge is 0.256 e. The number of benzene rings is 3. The van der Waals surface area contributed by atoms with E-state index in [4.69, 9.17) is 32.7 Å². The number of piperazine rings is 1. The molecule has 0 aliphatic carbocycles. The fraction of sp³-hybridized carbons (Fsp3) is 0.250. The molecule has 11 heteroatoms. The summed E-state index contributed by atoms with van der Waals surface area (Å²) in [5.41, 5.74) is 3.27. The van der Waals surface area contributed by atoms with Gasteiger partial charge < -0.3 is 24.6 Å². The highest BCUT2D eigenvalue weighted by Gasteiger charge is 2.26. The Kier molecular flexibility index (Phi) is 7.54. The SMILES string of the molecule is COc1cc(OC)c(Cl)c(-c2cc(N3CCN(C(C)=O)CC3)c3c(NC(=O)c4ccccc4)n[nH]c3c2)c1Cl. The highest BCUT2D eigenvalue weighted by molar-refractivity contribution is 6.41. The number of hydrogen-bond donors (Lipinski definition) is 2. The van der Waals surface area contributed by atoms with Crippen molar-refractivity contribution in [3.05, 3.63) is 64.1 Å². The zero-order valence-corrected chi connectivity index (χ0v) is 23.2. The molecule has 39 heavy (non-hydrogen) atoms. The summed E-state index contributed by atoms with van der Waals surface area (Å²) in [5, 5.41) is 11.9. The number of nitrogens with one attached hydrogen (secondary N) is 2. The summed E-state index contributed by atoms with van der Waals surface area (Å²) in [6.07, 6.45) is 0. The van der Waals surface area contributed by atoms with Crippen LogP contribution in [0.4, 0.5) is 11.5 Å². The van der Waals surface area contributed by atoms with Gasteiger partial charge in [0.15, 0.2) is 5.82 Å². The lowest BCUT2D eigenvalue weighted by atomic mass is 10.0. The number of fused-ring (bicyclic) bond motifs is 1. The van der Waals surface area contributed by atoms with Gasteiger partial charge in [-0.1, -0.05) is 41.4 Å². The van der Waals surface area contributed by atoms with Crippen molar-refractivity contribution in [3.8, 4) is 22.6 Å². The molecule has 2 amide bonds. The van der Waals surface area contributed by atoms with Crippen LogP contribution in [0.5, 0.6) is 11.5 Å². The van der Waals surface area contributed by atoms with Crippen molar-refractivity contribution in [2.24, 2.45) is 0 Å². The number of anilines is 2. The van der Waals surface area contributed by atoms with E-state index < -0.39 is 0 Å². The van der Waals surface area contributed by atoms with Gasteiger partial charge in [0.25, 0.3) is 5.91 Å². The molecular formula is C28H27Cl2N5O4. The number of hydrogen-bond acceptors (Lipinski definition) is 6. The molecule has 1 saturated heterocycles. The van der Waals surface area contributed by atoms with Gasteiger partial charge in [-0.3, -0.25) is 14.7 Å². The van der Waals surface area contributed by atoms with Crippen molar-refractivity contribution in [1.82, 2.24) is 15.1 Å². The first kappa shape index (κ1) is 26.6. The Morgan fingerprint density at radius 2 is 1.59 bits per heavy atom. The summed E-state index contributed by atoms with van der Waals surface area (Å²) in [5.74, 6) is 1.00. The molecule has 0 bridgehead atoms. The van der Waals surface area contributed by atoms with Crippen molar-refractivity contribution < 1.29 is 19.1 Å². The standard InChI is InChI=1S/C28H27Cl2N5O4/c1-16(36)34-9-11-35(12-10-34)20-14-18(23-25(29)21(38-2)15-22(39-3)26(23)30)13-19-24(20)27(33-32-19)31-28(37)17-7-5-4-6-8-17/h4-8,13-15H,9-12H2,1-3H3,(H2,31,32,33,37). The number of nitrogens with zero attached hydrogens (tertiary/aromatic N) is 3. The third kappa shape index (κ3) is 5.07. The molecule has 0 radical (unpaired) electrons. The minimum Gasteiger partial charge on any atom is -0.495 e. The lowest BCUT2D eigenvalue weighted by Crippen LogP contribution is -2.48. The first-order chi connectivity index (χ1) is 18.8. The normalized spacial score (nSPS) is 13.5. The molecule has 1 aromatic heterocycles. The van der Waals surface area contributed by atoms with E-state index >= 15 is 0 Å². The van der Waals surface area contributed by atoms with E-state index in [1.54, 1.807) is 37.3 Å². The van der Waals surface area contributed by atoms with E-state index in [2.05, 4.69) is 20.4 Å². The van der Waals surface area contributed by atoms with Crippen LogP contribution in [0.1, 0.15) is 17.3 Å². The number of rotatable bonds is 6. The largest absolute Gasteiger partial charge is 0.495 e. The Balaban J connectivity index is 1.66. The van der Waals surface area contributed by atoms with E-state index in [1.807, 2.05) is 23.1 Å². The van der Waals surface area contributed by atoms with Gasteiger partial charge in [0.2, 0.25) is 5.91 Å². The Hall–Kier alpha value is -3.95. The molecule has 0 saturated carbocycles. The molecule has 1 fully saturated rings. The Bertz CT molecular complexity index is 1520. The third-order valence-electron chi connectivity index (χ3n) is 6.84. The van der Waals surface area contributed by atoms with E-state index in [0.29, 0.717) is 75.7 Å². The molecule has 0 spiro atoms. The lowest BCUT2D eigenvalue weighted by molar-refractivity contribution is -0.129. The van der Waals surface area contributed by atoms with Crippen molar-refractivity contribution in [1.29, 1.82) is 0 Å². The molecule has 2 N–H and O–H groups in total. The first-order valence-electron chi connectivity index (χ1n) is 12.3. The minimum absolute atomic E-state index is 0.0368. The van der Waals surface area contributed by atoms with Gasteiger partial charge in [0.1, 0.15) is 11.5 Å². The highest BCUT2D eigenvalue weighted by Crippen LogP contribution is 2.48. The molecule has 4 aromatic rings. The van der Waals surface area contributed by atoms with E-state index in [0.717, 1.165) is 11.1 Å². The molecule has 2 heterocycles. The van der Waals surface area contributed by atoms with Gasteiger partial charge >= 0.3 is 0 Å². The maximum absolute atomic E-state index is 13.0. The predicted molar refractivity (Wildman–Crippen MR) is 154 cm³/mol. The Morgan fingerprint density at radius 3 is 2.18 bits per heavy atom. The number of carbonyl (C=O) groups excluding carboxylic acids is 2. The second-order valence-corrected chi connectivity index (χ2v) is 9.84. The van der Waals surface area contributed by atoms with E-state index in [1.165, 1.54) is 14.2 Å². The summed E-state index contributed by atoms with van der Waals surface area (Å²) in [4.78, 5) is 28.9. The monoisotopic (exact) mass is 567 g/mol. The number of methoxy groups -OCH3 is 2. The van der Waals surface area contributed by atoms with Crippen molar-refractivity contribution in [2.45, 2.75) is 6.92 Å². The van der Waals surface area contributed by atoms with Crippen LogP contribution in [0.3, 0.4) is 0 Å². The summed E-state index contributed by atoms with van der Waals surface area (Å²) >= 11 is 13.5. The molecule has 1 aliphatic rings.